The van der Waals surface area contributed by atoms with E-state index in [2.05, 4.69) is 25.5 Å². The first-order valence-electron chi connectivity index (χ1n) is 10.5. The Morgan fingerprint density at radius 1 is 1.20 bits per heavy atom. The van der Waals surface area contributed by atoms with Gasteiger partial charge in [0.25, 0.3) is 0 Å². The van der Waals surface area contributed by atoms with E-state index in [0.717, 1.165) is 57.1 Å². The lowest BCUT2D eigenvalue weighted by Gasteiger charge is -2.35. The molecule has 168 valence electrons. The summed E-state index contributed by atoms with van der Waals surface area (Å²) in [5.74, 6) is 0.798. The largest absolute Gasteiger partial charge is 0.444 e. The third-order valence-electron chi connectivity index (χ3n) is 4.69. The molecule has 2 rings (SSSR count). The molecule has 0 aliphatic carbocycles. The fraction of sp³-hybridized carbons (Fsp3) is 0.667. The zero-order valence-corrected chi connectivity index (χ0v) is 19.3. The molecule has 2 heterocycles. The molecule has 0 atom stereocenters. The number of rotatable bonds is 7. The monoisotopic (exact) mass is 438 g/mol. The van der Waals surface area contributed by atoms with E-state index in [1.807, 2.05) is 26.8 Å². The van der Waals surface area contributed by atoms with Crippen molar-refractivity contribution >= 4 is 23.7 Å². The zero-order chi connectivity index (χ0) is 22.0. The number of nitrogens with zero attached hydrogens (tertiary/aromatic N) is 4. The fourth-order valence-corrected chi connectivity index (χ4v) is 3.20. The van der Waals surface area contributed by atoms with Crippen LogP contribution in [0.4, 0.5) is 4.79 Å². The van der Waals surface area contributed by atoms with Crippen molar-refractivity contribution in [2.24, 2.45) is 4.99 Å². The Hall–Kier alpha value is -2.06. The van der Waals surface area contributed by atoms with Crippen molar-refractivity contribution in [3.8, 4) is 0 Å². The van der Waals surface area contributed by atoms with Crippen LogP contribution in [-0.2, 0) is 11.2 Å². The van der Waals surface area contributed by atoms with Crippen molar-refractivity contribution in [1.29, 1.82) is 0 Å². The van der Waals surface area contributed by atoms with Crippen LogP contribution in [0.25, 0.3) is 0 Å². The first-order valence-corrected chi connectivity index (χ1v) is 10.9. The summed E-state index contributed by atoms with van der Waals surface area (Å²) in [5.41, 5.74) is 0.686. The number of ether oxygens (including phenoxy) is 1. The second-order valence-electron chi connectivity index (χ2n) is 8.33. The van der Waals surface area contributed by atoms with Crippen LogP contribution in [0.3, 0.4) is 0 Å². The average molecular weight is 439 g/mol. The highest BCUT2D eigenvalue weighted by atomic mass is 35.5. The number of halogens is 1. The minimum Gasteiger partial charge on any atom is -0.444 e. The van der Waals surface area contributed by atoms with E-state index < -0.39 is 5.60 Å². The van der Waals surface area contributed by atoms with Gasteiger partial charge in [0.05, 0.1) is 0 Å². The molecular formula is C21H35ClN6O2. The van der Waals surface area contributed by atoms with Crippen LogP contribution in [0.5, 0.6) is 0 Å². The summed E-state index contributed by atoms with van der Waals surface area (Å²) in [6.45, 7) is 11.5. The van der Waals surface area contributed by atoms with E-state index in [0.29, 0.717) is 18.2 Å². The number of carbonyl (C=O) groups is 1. The summed E-state index contributed by atoms with van der Waals surface area (Å²) < 4.78 is 5.44. The van der Waals surface area contributed by atoms with Crippen LogP contribution in [-0.4, -0.2) is 85.3 Å². The van der Waals surface area contributed by atoms with E-state index in [-0.39, 0.29) is 6.09 Å². The van der Waals surface area contributed by atoms with Crippen molar-refractivity contribution in [2.75, 3.05) is 52.9 Å². The highest BCUT2D eigenvalue weighted by Crippen LogP contribution is 2.12. The molecule has 0 bridgehead atoms. The molecule has 0 radical (unpaired) electrons. The maximum atomic E-state index is 12.1. The van der Waals surface area contributed by atoms with E-state index >= 15 is 0 Å². The average Bonchev–Trinajstić information content (AvgIpc) is 2.70. The van der Waals surface area contributed by atoms with Crippen LogP contribution in [0.15, 0.2) is 23.3 Å². The molecule has 0 saturated carbocycles. The molecule has 9 heteroatoms. The third kappa shape index (κ3) is 9.17. The summed E-state index contributed by atoms with van der Waals surface area (Å²) in [7, 11) is 1.77. The number of pyridine rings is 1. The predicted octanol–water partition coefficient (Wildman–Crippen LogP) is 2.39. The van der Waals surface area contributed by atoms with E-state index in [1.165, 1.54) is 0 Å². The Kier molecular flexibility index (Phi) is 9.65. The SMILES string of the molecule is CN=C(NCCCN1CCN(C(=O)OC(C)(C)C)CC1)NCCc1ccc(Cl)nc1. The Morgan fingerprint density at radius 2 is 1.90 bits per heavy atom. The number of nitrogens with one attached hydrogen (secondary N) is 2. The van der Waals surface area contributed by atoms with Gasteiger partial charge in [-0.2, -0.15) is 0 Å². The molecule has 0 aromatic carbocycles. The molecule has 2 N–H and O–H groups in total. The number of aliphatic imine (C=N–C) groups is 1. The van der Waals surface area contributed by atoms with Gasteiger partial charge in [0.2, 0.25) is 0 Å². The molecule has 1 amide bonds. The topological polar surface area (TPSA) is 82.1 Å². The second kappa shape index (κ2) is 12.0. The van der Waals surface area contributed by atoms with Gasteiger partial charge in [-0.3, -0.25) is 9.89 Å². The van der Waals surface area contributed by atoms with Gasteiger partial charge in [0, 0.05) is 52.5 Å². The highest BCUT2D eigenvalue weighted by molar-refractivity contribution is 6.29. The zero-order valence-electron chi connectivity index (χ0n) is 18.6. The number of piperazine rings is 1. The van der Waals surface area contributed by atoms with Crippen LogP contribution in [0, 0.1) is 0 Å². The summed E-state index contributed by atoms with van der Waals surface area (Å²) in [6.07, 6.45) is 3.44. The van der Waals surface area contributed by atoms with Crippen molar-refractivity contribution in [3.63, 3.8) is 0 Å². The Bertz CT molecular complexity index is 682. The lowest BCUT2D eigenvalue weighted by molar-refractivity contribution is 0.0145. The van der Waals surface area contributed by atoms with E-state index in [1.54, 1.807) is 24.2 Å². The number of aromatic nitrogens is 1. The molecular weight excluding hydrogens is 404 g/mol. The van der Waals surface area contributed by atoms with Gasteiger partial charge in [-0.05, 0) is 51.8 Å². The van der Waals surface area contributed by atoms with E-state index in [9.17, 15) is 4.79 Å². The van der Waals surface area contributed by atoms with Crippen molar-refractivity contribution in [3.05, 3.63) is 29.0 Å². The second-order valence-corrected chi connectivity index (χ2v) is 8.71. The highest BCUT2D eigenvalue weighted by Gasteiger charge is 2.25. The lowest BCUT2D eigenvalue weighted by atomic mass is 10.2. The van der Waals surface area contributed by atoms with Gasteiger partial charge in [-0.1, -0.05) is 17.7 Å². The minimum absolute atomic E-state index is 0.215. The first-order chi connectivity index (χ1) is 14.3. The Morgan fingerprint density at radius 3 is 2.50 bits per heavy atom. The van der Waals surface area contributed by atoms with Gasteiger partial charge in [-0.25, -0.2) is 9.78 Å². The van der Waals surface area contributed by atoms with Crippen LogP contribution in [0.1, 0.15) is 32.8 Å². The lowest BCUT2D eigenvalue weighted by Crippen LogP contribution is -2.50. The first kappa shape index (κ1) is 24.2. The third-order valence-corrected chi connectivity index (χ3v) is 4.91. The molecule has 1 aliphatic heterocycles. The molecule has 0 unspecified atom stereocenters. The summed E-state index contributed by atoms with van der Waals surface area (Å²) in [6, 6.07) is 3.78. The summed E-state index contributed by atoms with van der Waals surface area (Å²) in [5, 5.41) is 7.17. The Labute approximate surface area is 185 Å². The van der Waals surface area contributed by atoms with Crippen LogP contribution >= 0.6 is 11.6 Å². The molecule has 1 aromatic rings. The molecule has 30 heavy (non-hydrogen) atoms. The standard InChI is InChI=1S/C21H35ClN6O2/c1-21(2,3)30-20(29)28-14-12-27(13-15-28)11-5-9-24-19(23-4)25-10-8-17-6-7-18(22)26-16-17/h6-7,16H,5,8-15H2,1-4H3,(H2,23,24,25). The summed E-state index contributed by atoms with van der Waals surface area (Å²) >= 11 is 5.81. The maximum absolute atomic E-state index is 12.1. The minimum atomic E-state index is -0.446. The van der Waals surface area contributed by atoms with Gasteiger partial charge >= 0.3 is 6.09 Å². The number of amides is 1. The van der Waals surface area contributed by atoms with Gasteiger partial charge in [-0.15, -0.1) is 0 Å². The van der Waals surface area contributed by atoms with Gasteiger partial charge < -0.3 is 20.3 Å². The molecule has 1 aromatic heterocycles. The van der Waals surface area contributed by atoms with Crippen LogP contribution < -0.4 is 10.6 Å². The smallest absolute Gasteiger partial charge is 0.410 e. The van der Waals surface area contributed by atoms with Crippen molar-refractivity contribution in [2.45, 2.75) is 39.2 Å². The number of guanidine groups is 1. The fourth-order valence-electron chi connectivity index (χ4n) is 3.09. The molecule has 1 fully saturated rings. The maximum Gasteiger partial charge on any atom is 0.410 e. The molecule has 1 aliphatic rings. The Balaban J connectivity index is 1.57. The number of hydrogen-bond acceptors (Lipinski definition) is 5. The summed E-state index contributed by atoms with van der Waals surface area (Å²) in [4.78, 5) is 24.7. The van der Waals surface area contributed by atoms with Gasteiger partial charge in [0.1, 0.15) is 10.8 Å². The molecule has 1 saturated heterocycles. The number of hydrogen-bond donors (Lipinski definition) is 2. The molecule has 0 spiro atoms. The van der Waals surface area contributed by atoms with E-state index in [4.69, 9.17) is 16.3 Å². The number of carbonyl (C=O) groups excluding carboxylic acids is 1. The van der Waals surface area contributed by atoms with Crippen molar-refractivity contribution < 1.29 is 9.53 Å². The normalized spacial score (nSPS) is 15.8. The molecule has 8 nitrogen and oxygen atoms in total. The van der Waals surface area contributed by atoms with Crippen LogP contribution in [0.2, 0.25) is 5.15 Å². The van der Waals surface area contributed by atoms with Gasteiger partial charge in [0.15, 0.2) is 5.96 Å². The van der Waals surface area contributed by atoms with Crippen molar-refractivity contribution in [1.82, 2.24) is 25.4 Å². The quantitative estimate of drug-likeness (QED) is 0.294. The predicted molar refractivity (Wildman–Crippen MR) is 121 cm³/mol.